The number of benzene rings is 1. The van der Waals surface area contributed by atoms with Crippen LogP contribution in [0.4, 0.5) is 10.1 Å². The summed E-state index contributed by atoms with van der Waals surface area (Å²) in [5.41, 5.74) is 0.0932. The molecule has 13 heteroatoms. The molecule has 1 aromatic carbocycles. The van der Waals surface area contributed by atoms with Crippen molar-refractivity contribution in [1.82, 2.24) is 0 Å². The Labute approximate surface area is 200 Å². The zero-order valence-corrected chi connectivity index (χ0v) is 19.7. The molecule has 0 bridgehead atoms. The molecule has 1 aromatic rings. The number of amides is 1. The molecule has 1 amide bonds. The molecule has 4 unspecified atom stereocenters. The second-order valence-corrected chi connectivity index (χ2v) is 7.12. The third kappa shape index (κ3) is 10.6. The lowest BCUT2D eigenvalue weighted by Gasteiger charge is -2.34. The van der Waals surface area contributed by atoms with Crippen molar-refractivity contribution in [3.63, 3.8) is 0 Å². The molecule has 4 atom stereocenters. The highest BCUT2D eigenvalue weighted by atomic mass is 19.1. The van der Waals surface area contributed by atoms with Crippen LogP contribution in [0.2, 0.25) is 0 Å². The third-order valence-electron chi connectivity index (χ3n) is 4.02. The van der Waals surface area contributed by atoms with Crippen LogP contribution in [0.25, 0.3) is 0 Å². The Bertz CT molecular complexity index is 947. The van der Waals surface area contributed by atoms with Crippen LogP contribution in [0.15, 0.2) is 24.3 Å². The third-order valence-corrected chi connectivity index (χ3v) is 4.02. The van der Waals surface area contributed by atoms with Gasteiger partial charge in [0.25, 0.3) is 5.91 Å². The van der Waals surface area contributed by atoms with Gasteiger partial charge in [0.15, 0.2) is 18.3 Å². The number of halogens is 1. The Morgan fingerprint density at radius 1 is 0.714 bits per heavy atom. The lowest BCUT2D eigenvalue weighted by Crippen LogP contribution is -2.56. The average Bonchev–Trinajstić information content (AvgIpc) is 2.72. The van der Waals surface area contributed by atoms with Gasteiger partial charge in [0.2, 0.25) is 6.10 Å². The van der Waals surface area contributed by atoms with Gasteiger partial charge < -0.3 is 29.0 Å². The van der Waals surface area contributed by atoms with E-state index >= 15 is 0 Å². The maximum atomic E-state index is 13.2. The summed E-state index contributed by atoms with van der Waals surface area (Å²) < 4.78 is 38.6. The van der Waals surface area contributed by atoms with Gasteiger partial charge in [0, 0.05) is 40.3 Å². The first-order valence-electron chi connectivity index (χ1n) is 10.2. The molecule has 0 heterocycles. The number of esters is 5. The highest BCUT2D eigenvalue weighted by molar-refractivity contribution is 5.96. The molecule has 1 N–H and O–H groups in total. The number of ether oxygens (including phenoxy) is 5. The van der Waals surface area contributed by atoms with Gasteiger partial charge in [-0.15, -0.1) is 0 Å². The van der Waals surface area contributed by atoms with Crippen LogP contribution in [0.1, 0.15) is 34.6 Å². The number of nitrogens with one attached hydrogen (secondary N) is 1. The van der Waals surface area contributed by atoms with Crippen LogP contribution in [0.5, 0.6) is 0 Å². The lowest BCUT2D eigenvalue weighted by atomic mass is 10.0. The molecule has 1 rings (SSSR count). The Hall–Kier alpha value is -4.03. The van der Waals surface area contributed by atoms with Crippen molar-refractivity contribution in [1.29, 1.82) is 0 Å². The molecule has 0 radical (unpaired) electrons. The quantitative estimate of drug-likeness (QED) is 0.342. The first kappa shape index (κ1) is 29.0. The summed E-state index contributed by atoms with van der Waals surface area (Å²) in [4.78, 5) is 71.6. The molecule has 0 aliphatic rings. The summed E-state index contributed by atoms with van der Waals surface area (Å²) in [6.45, 7) is 4.33. The minimum Gasteiger partial charge on any atom is -0.462 e. The number of carbonyl (C=O) groups excluding carboxylic acids is 6. The monoisotopic (exact) mass is 499 g/mol. The second kappa shape index (κ2) is 13.6. The van der Waals surface area contributed by atoms with Crippen molar-refractivity contribution < 1.29 is 56.8 Å². The van der Waals surface area contributed by atoms with Crippen LogP contribution in [-0.4, -0.2) is 66.8 Å². The zero-order chi connectivity index (χ0) is 26.7. The standard InChI is InChI=1S/C22H26FNO11/c1-11(25)31-10-18(32-12(2)26)19(33-13(3)27)20(34-14(4)28)21(35-15(5)29)22(30)24-17-8-6-16(23)7-9-17/h6-9,18-21H,10H2,1-5H3,(H,24,30). The highest BCUT2D eigenvalue weighted by Crippen LogP contribution is 2.22. The van der Waals surface area contributed by atoms with E-state index in [0.717, 1.165) is 46.8 Å². The summed E-state index contributed by atoms with van der Waals surface area (Å²) in [5, 5.41) is 2.36. The number of hydrogen-bond donors (Lipinski definition) is 1. The van der Waals surface area contributed by atoms with E-state index in [0.29, 0.717) is 0 Å². The second-order valence-electron chi connectivity index (χ2n) is 7.12. The Morgan fingerprint density at radius 2 is 1.20 bits per heavy atom. The van der Waals surface area contributed by atoms with Gasteiger partial charge in [0.1, 0.15) is 12.4 Å². The van der Waals surface area contributed by atoms with E-state index in [1.54, 1.807) is 0 Å². The molecule has 0 saturated heterocycles. The van der Waals surface area contributed by atoms with Crippen molar-refractivity contribution in [2.24, 2.45) is 0 Å². The van der Waals surface area contributed by atoms with Crippen molar-refractivity contribution >= 4 is 41.4 Å². The molecule has 12 nitrogen and oxygen atoms in total. The fourth-order valence-corrected chi connectivity index (χ4v) is 2.84. The normalized spacial score (nSPS) is 13.8. The van der Waals surface area contributed by atoms with Crippen molar-refractivity contribution in [2.75, 3.05) is 11.9 Å². The number of rotatable bonds is 11. The van der Waals surface area contributed by atoms with Crippen LogP contribution in [0.3, 0.4) is 0 Å². The number of anilines is 1. The molecule has 0 saturated carbocycles. The van der Waals surface area contributed by atoms with E-state index in [1.165, 1.54) is 12.1 Å². The predicted molar refractivity (Wildman–Crippen MR) is 114 cm³/mol. The van der Waals surface area contributed by atoms with E-state index in [9.17, 15) is 33.2 Å². The summed E-state index contributed by atoms with van der Waals surface area (Å²) in [7, 11) is 0. The zero-order valence-electron chi connectivity index (χ0n) is 19.7. The smallest absolute Gasteiger partial charge is 0.303 e. The average molecular weight is 499 g/mol. The Morgan fingerprint density at radius 3 is 1.66 bits per heavy atom. The maximum Gasteiger partial charge on any atom is 0.303 e. The van der Waals surface area contributed by atoms with Gasteiger partial charge in [-0.05, 0) is 24.3 Å². The first-order chi connectivity index (χ1) is 16.3. The van der Waals surface area contributed by atoms with Crippen molar-refractivity contribution in [2.45, 2.75) is 59.0 Å². The SMILES string of the molecule is CC(=O)OCC(OC(C)=O)C(OC(C)=O)C(OC(C)=O)C(OC(C)=O)C(=O)Nc1ccc(F)cc1. The first-order valence-corrected chi connectivity index (χ1v) is 10.2. The van der Waals surface area contributed by atoms with Crippen LogP contribution < -0.4 is 5.32 Å². The Kier molecular flexibility index (Phi) is 11.3. The van der Waals surface area contributed by atoms with Gasteiger partial charge >= 0.3 is 29.8 Å². The predicted octanol–water partition coefficient (Wildman–Crippen LogP) is 1.05. The van der Waals surface area contributed by atoms with Gasteiger partial charge in [-0.2, -0.15) is 0 Å². The van der Waals surface area contributed by atoms with Crippen LogP contribution >= 0.6 is 0 Å². The van der Waals surface area contributed by atoms with Crippen molar-refractivity contribution in [3.8, 4) is 0 Å². The largest absolute Gasteiger partial charge is 0.462 e. The fourth-order valence-electron chi connectivity index (χ4n) is 2.84. The summed E-state index contributed by atoms with van der Waals surface area (Å²) in [5.74, 6) is -6.21. The lowest BCUT2D eigenvalue weighted by molar-refractivity contribution is -0.202. The van der Waals surface area contributed by atoms with Gasteiger partial charge in [-0.25, -0.2) is 4.39 Å². The van der Waals surface area contributed by atoms with E-state index in [2.05, 4.69) is 5.32 Å². The number of carbonyl (C=O) groups is 6. The van der Waals surface area contributed by atoms with Gasteiger partial charge in [0.05, 0.1) is 0 Å². The fraction of sp³-hybridized carbons (Fsp3) is 0.455. The molecular weight excluding hydrogens is 473 g/mol. The molecule has 0 aliphatic heterocycles. The van der Waals surface area contributed by atoms with Crippen molar-refractivity contribution in [3.05, 3.63) is 30.1 Å². The molecule has 0 fully saturated rings. The van der Waals surface area contributed by atoms with Crippen LogP contribution in [-0.2, 0) is 52.5 Å². The molecule has 35 heavy (non-hydrogen) atoms. The van der Waals surface area contributed by atoms with E-state index in [-0.39, 0.29) is 5.69 Å². The maximum absolute atomic E-state index is 13.2. The van der Waals surface area contributed by atoms with Crippen LogP contribution in [0, 0.1) is 5.82 Å². The summed E-state index contributed by atoms with van der Waals surface area (Å²) in [6.07, 6.45) is -7.13. The molecule has 192 valence electrons. The molecule has 0 spiro atoms. The van der Waals surface area contributed by atoms with E-state index in [1.807, 2.05) is 0 Å². The van der Waals surface area contributed by atoms with Gasteiger partial charge in [-0.1, -0.05) is 0 Å². The van der Waals surface area contributed by atoms with Gasteiger partial charge in [-0.3, -0.25) is 28.8 Å². The number of hydrogen-bond acceptors (Lipinski definition) is 11. The molecule has 0 aromatic heterocycles. The minimum atomic E-state index is -1.94. The summed E-state index contributed by atoms with van der Waals surface area (Å²) in [6, 6.07) is 4.53. The molecule has 0 aliphatic carbocycles. The summed E-state index contributed by atoms with van der Waals surface area (Å²) >= 11 is 0. The highest BCUT2D eigenvalue weighted by Gasteiger charge is 2.47. The topological polar surface area (TPSA) is 161 Å². The Balaban J connectivity index is 3.51. The molecular formula is C22H26FNO11. The van der Waals surface area contributed by atoms with E-state index < -0.39 is 72.6 Å². The van der Waals surface area contributed by atoms with E-state index in [4.69, 9.17) is 23.7 Å². The minimum absolute atomic E-state index is 0.0932.